The maximum Gasteiger partial charge on any atom is 0.143 e. The minimum Gasteiger partial charge on any atom is -0.372 e. The number of rotatable bonds is 4. The van der Waals surface area contributed by atoms with Crippen LogP contribution >= 0.6 is 11.3 Å². The molecular formula is C28H30N4S. The Balaban J connectivity index is 1.29. The monoisotopic (exact) mass is 454 g/mol. The summed E-state index contributed by atoms with van der Waals surface area (Å²) in [5.74, 6) is 1.73. The molecule has 0 atom stereocenters. The number of aromatic nitrogens is 2. The highest BCUT2D eigenvalue weighted by Gasteiger charge is 2.18. The van der Waals surface area contributed by atoms with Crippen molar-refractivity contribution < 1.29 is 0 Å². The molecule has 1 N–H and O–H groups in total. The smallest absolute Gasteiger partial charge is 0.143 e. The fourth-order valence-electron chi connectivity index (χ4n) is 5.24. The molecule has 5 heteroatoms. The van der Waals surface area contributed by atoms with Gasteiger partial charge in [0.25, 0.3) is 0 Å². The van der Waals surface area contributed by atoms with Crippen LogP contribution in [0.2, 0.25) is 0 Å². The van der Waals surface area contributed by atoms with E-state index < -0.39 is 0 Å². The van der Waals surface area contributed by atoms with Gasteiger partial charge in [0.1, 0.15) is 17.0 Å². The predicted octanol–water partition coefficient (Wildman–Crippen LogP) is 7.22. The second kappa shape index (κ2) is 8.79. The number of piperidine rings is 1. The van der Waals surface area contributed by atoms with Crippen molar-refractivity contribution in [3.63, 3.8) is 0 Å². The van der Waals surface area contributed by atoms with Crippen LogP contribution in [0.25, 0.3) is 21.3 Å². The summed E-state index contributed by atoms with van der Waals surface area (Å²) < 4.78 is 0. The average molecular weight is 455 g/mol. The second-order valence-electron chi connectivity index (χ2n) is 9.58. The molecule has 0 radical (unpaired) electrons. The Morgan fingerprint density at radius 1 is 0.939 bits per heavy atom. The molecule has 1 saturated heterocycles. The van der Waals surface area contributed by atoms with Gasteiger partial charge >= 0.3 is 0 Å². The fraction of sp³-hybridized carbons (Fsp3) is 0.357. The quantitative estimate of drug-likeness (QED) is 0.353. The van der Waals surface area contributed by atoms with E-state index in [-0.39, 0.29) is 0 Å². The van der Waals surface area contributed by atoms with Crippen molar-refractivity contribution in [2.45, 2.75) is 45.4 Å². The van der Waals surface area contributed by atoms with E-state index in [0.29, 0.717) is 0 Å². The molecule has 1 aliphatic carbocycles. The Bertz CT molecular complexity index is 1270. The fourth-order valence-corrected chi connectivity index (χ4v) is 6.16. The van der Waals surface area contributed by atoms with Gasteiger partial charge in [0.15, 0.2) is 0 Å². The first-order chi connectivity index (χ1) is 16.2. The van der Waals surface area contributed by atoms with Gasteiger partial charge in [0, 0.05) is 35.4 Å². The third-order valence-electron chi connectivity index (χ3n) is 7.31. The number of nitrogens with one attached hydrogen (secondary N) is 1. The van der Waals surface area contributed by atoms with Gasteiger partial charge in [-0.15, -0.1) is 11.3 Å². The van der Waals surface area contributed by atoms with Crippen LogP contribution in [0.4, 0.5) is 17.2 Å². The van der Waals surface area contributed by atoms with E-state index >= 15 is 0 Å². The minimum absolute atomic E-state index is 0.845. The Hall–Kier alpha value is -2.92. The van der Waals surface area contributed by atoms with Gasteiger partial charge in [0.05, 0.1) is 5.39 Å². The minimum atomic E-state index is 0.845. The van der Waals surface area contributed by atoms with E-state index in [9.17, 15) is 0 Å². The summed E-state index contributed by atoms with van der Waals surface area (Å²) in [6.07, 6.45) is 9.23. The summed E-state index contributed by atoms with van der Waals surface area (Å²) in [6, 6.07) is 15.8. The summed E-state index contributed by atoms with van der Waals surface area (Å²) >= 11 is 1.69. The lowest BCUT2D eigenvalue weighted by Gasteiger charge is -2.32. The predicted molar refractivity (Wildman–Crippen MR) is 140 cm³/mol. The van der Waals surface area contributed by atoms with Crippen LogP contribution in [-0.2, 0) is 12.8 Å². The molecule has 0 unspecified atom stereocenters. The molecule has 4 nitrogen and oxygen atoms in total. The van der Waals surface area contributed by atoms with Gasteiger partial charge in [-0.05, 0) is 85.4 Å². The first kappa shape index (κ1) is 20.7. The molecule has 1 fully saturated rings. The molecule has 2 aliphatic rings. The molecule has 2 aromatic carbocycles. The summed E-state index contributed by atoms with van der Waals surface area (Å²) in [4.78, 5) is 12.7. The van der Waals surface area contributed by atoms with Crippen molar-refractivity contribution in [3.8, 4) is 11.1 Å². The van der Waals surface area contributed by atoms with Crippen molar-refractivity contribution >= 4 is 38.7 Å². The number of hydrogen-bond donors (Lipinski definition) is 1. The Morgan fingerprint density at radius 3 is 2.55 bits per heavy atom. The van der Waals surface area contributed by atoms with Gasteiger partial charge in [-0.25, -0.2) is 9.97 Å². The van der Waals surface area contributed by atoms with E-state index in [1.165, 1.54) is 66.5 Å². The standard InChI is InChI=1S/C28H30N4S/c1-19-12-14-32(15-13-19)24-10-8-23(9-11-24)31-27-26-25(17-33-28(26)30-18-29-27)22-7-6-20-4-2-3-5-21(20)16-22/h6-11,16-19H,2-5,12-15H2,1H3,(H,29,30,31). The lowest BCUT2D eigenvalue weighted by molar-refractivity contribution is 0.438. The van der Waals surface area contributed by atoms with Crippen LogP contribution in [0, 0.1) is 5.92 Å². The number of fused-ring (bicyclic) bond motifs is 2. The van der Waals surface area contributed by atoms with Crippen molar-refractivity contribution in [2.75, 3.05) is 23.3 Å². The maximum atomic E-state index is 4.64. The van der Waals surface area contributed by atoms with Gasteiger partial charge < -0.3 is 10.2 Å². The number of anilines is 3. The number of hydrogen-bond acceptors (Lipinski definition) is 5. The maximum absolute atomic E-state index is 4.64. The van der Waals surface area contributed by atoms with E-state index in [0.717, 1.165) is 40.7 Å². The Morgan fingerprint density at radius 2 is 1.73 bits per heavy atom. The Kier molecular flexibility index (Phi) is 5.50. The molecule has 0 bridgehead atoms. The number of aryl methyl sites for hydroxylation is 2. The van der Waals surface area contributed by atoms with Crippen LogP contribution in [0.1, 0.15) is 43.7 Å². The number of benzene rings is 2. The average Bonchev–Trinajstić information content (AvgIpc) is 3.30. The van der Waals surface area contributed by atoms with E-state index in [4.69, 9.17) is 0 Å². The highest BCUT2D eigenvalue weighted by atomic mass is 32.1. The Labute approximate surface area is 199 Å². The lowest BCUT2D eigenvalue weighted by atomic mass is 9.89. The highest BCUT2D eigenvalue weighted by Crippen LogP contribution is 2.39. The van der Waals surface area contributed by atoms with Crippen molar-refractivity contribution in [3.05, 3.63) is 65.3 Å². The number of nitrogens with zero attached hydrogens (tertiary/aromatic N) is 3. The van der Waals surface area contributed by atoms with Crippen molar-refractivity contribution in [1.82, 2.24) is 9.97 Å². The molecule has 0 amide bonds. The molecule has 168 valence electrons. The summed E-state index contributed by atoms with van der Waals surface area (Å²) in [6.45, 7) is 4.66. The first-order valence-corrected chi connectivity index (χ1v) is 13.1. The normalized spacial score (nSPS) is 16.7. The summed E-state index contributed by atoms with van der Waals surface area (Å²) in [5, 5.41) is 6.93. The van der Waals surface area contributed by atoms with Crippen LogP contribution in [0.15, 0.2) is 54.2 Å². The van der Waals surface area contributed by atoms with E-state index in [1.807, 2.05) is 0 Å². The van der Waals surface area contributed by atoms with Gasteiger partial charge in [-0.3, -0.25) is 0 Å². The topological polar surface area (TPSA) is 41.0 Å². The lowest BCUT2D eigenvalue weighted by Crippen LogP contribution is -2.32. The molecule has 2 aromatic heterocycles. The third kappa shape index (κ3) is 4.10. The zero-order chi connectivity index (χ0) is 22.2. The van der Waals surface area contributed by atoms with Crippen LogP contribution in [0.3, 0.4) is 0 Å². The molecule has 0 spiro atoms. The van der Waals surface area contributed by atoms with Crippen molar-refractivity contribution in [1.29, 1.82) is 0 Å². The largest absolute Gasteiger partial charge is 0.372 e. The molecule has 1 aliphatic heterocycles. The summed E-state index contributed by atoms with van der Waals surface area (Å²) in [7, 11) is 0. The third-order valence-corrected chi connectivity index (χ3v) is 8.19. The zero-order valence-corrected chi connectivity index (χ0v) is 20.0. The molecule has 6 rings (SSSR count). The zero-order valence-electron chi connectivity index (χ0n) is 19.2. The molecule has 33 heavy (non-hydrogen) atoms. The SMILES string of the molecule is CC1CCN(c2ccc(Nc3ncnc4scc(-c5ccc6c(c5)CCCC6)c34)cc2)CC1. The molecule has 4 aromatic rings. The van der Waals surface area contributed by atoms with Gasteiger partial charge in [-0.1, -0.05) is 25.1 Å². The van der Waals surface area contributed by atoms with Crippen molar-refractivity contribution in [2.24, 2.45) is 5.92 Å². The number of thiophene rings is 1. The molecule has 3 heterocycles. The van der Waals surface area contributed by atoms with Crippen LogP contribution in [-0.4, -0.2) is 23.1 Å². The van der Waals surface area contributed by atoms with E-state index in [2.05, 4.69) is 75.0 Å². The molecule has 0 saturated carbocycles. The first-order valence-electron chi connectivity index (χ1n) is 12.2. The second-order valence-corrected chi connectivity index (χ2v) is 10.4. The van der Waals surface area contributed by atoms with Crippen LogP contribution < -0.4 is 10.2 Å². The van der Waals surface area contributed by atoms with Gasteiger partial charge in [-0.2, -0.15) is 0 Å². The summed E-state index contributed by atoms with van der Waals surface area (Å²) in [5.41, 5.74) is 7.90. The molecular weight excluding hydrogens is 424 g/mol. The van der Waals surface area contributed by atoms with Crippen LogP contribution in [0.5, 0.6) is 0 Å². The van der Waals surface area contributed by atoms with E-state index in [1.54, 1.807) is 17.7 Å². The highest BCUT2D eigenvalue weighted by molar-refractivity contribution is 7.17. The van der Waals surface area contributed by atoms with Gasteiger partial charge in [0.2, 0.25) is 0 Å².